The molecule has 2 heterocycles. The molecule has 0 fully saturated rings. The molecule has 0 aliphatic carbocycles. The second-order valence-electron chi connectivity index (χ2n) is 3.23. The molecule has 0 unspecified atom stereocenters. The van der Waals surface area contributed by atoms with Crippen LogP contribution in [0.1, 0.15) is 11.6 Å². The highest BCUT2D eigenvalue weighted by atomic mass is 19.4. The summed E-state index contributed by atoms with van der Waals surface area (Å²) in [5.41, 5.74) is 2.86. The summed E-state index contributed by atoms with van der Waals surface area (Å²) in [4.78, 5) is 0. The highest BCUT2D eigenvalue weighted by molar-refractivity contribution is 5.01. The fraction of sp³-hybridized carbons (Fsp3) is 0.714. The van der Waals surface area contributed by atoms with Crippen LogP contribution in [-0.4, -0.2) is 33.4 Å². The molecule has 8 heteroatoms. The molecule has 0 spiro atoms. The van der Waals surface area contributed by atoms with Crippen LogP contribution in [0.15, 0.2) is 0 Å². The van der Waals surface area contributed by atoms with Gasteiger partial charge in [-0.25, -0.2) is 5.01 Å². The predicted octanol–water partition coefficient (Wildman–Crippen LogP) is 0.247. The number of nitrogens with one attached hydrogen (secondary N) is 1. The van der Waals surface area contributed by atoms with Crippen LogP contribution in [0, 0.1) is 0 Å². The minimum Gasteiger partial charge on any atom is -0.305 e. The average Bonchev–Trinajstić information content (AvgIpc) is 2.59. The monoisotopic (exact) mass is 221 g/mol. The number of rotatable bonds is 1. The standard InChI is InChI=1S/C7H10F3N5/c1-11-14-2-3-15-5(4-14)12-13-6(15)7(8,9)10/h11H,2-4H2,1H3. The Morgan fingerprint density at radius 1 is 1.27 bits per heavy atom. The van der Waals surface area contributed by atoms with Crippen LogP contribution in [0.3, 0.4) is 0 Å². The first-order valence-electron chi connectivity index (χ1n) is 4.44. The van der Waals surface area contributed by atoms with E-state index in [0.29, 0.717) is 18.9 Å². The first-order chi connectivity index (χ1) is 7.02. The Hall–Kier alpha value is -1.15. The van der Waals surface area contributed by atoms with Crippen LogP contribution < -0.4 is 5.43 Å². The molecule has 5 nitrogen and oxygen atoms in total. The molecule has 0 atom stereocenters. The maximum absolute atomic E-state index is 12.4. The molecule has 1 aromatic heterocycles. The van der Waals surface area contributed by atoms with Gasteiger partial charge in [0.15, 0.2) is 0 Å². The first kappa shape index (κ1) is 10.4. The van der Waals surface area contributed by atoms with Crippen molar-refractivity contribution in [1.29, 1.82) is 0 Å². The van der Waals surface area contributed by atoms with Gasteiger partial charge >= 0.3 is 6.18 Å². The summed E-state index contributed by atoms with van der Waals surface area (Å²) in [5.74, 6) is -0.573. The number of aromatic nitrogens is 3. The van der Waals surface area contributed by atoms with Gasteiger partial charge in [-0.15, -0.1) is 10.2 Å². The number of hydrogen-bond donors (Lipinski definition) is 1. The highest BCUT2D eigenvalue weighted by Crippen LogP contribution is 2.29. The molecule has 15 heavy (non-hydrogen) atoms. The van der Waals surface area contributed by atoms with Gasteiger partial charge in [0.25, 0.3) is 0 Å². The van der Waals surface area contributed by atoms with Crippen molar-refractivity contribution in [1.82, 2.24) is 25.2 Å². The van der Waals surface area contributed by atoms with E-state index in [1.165, 1.54) is 0 Å². The Morgan fingerprint density at radius 2 is 2.00 bits per heavy atom. The lowest BCUT2D eigenvalue weighted by atomic mass is 10.4. The molecule has 84 valence electrons. The Bertz CT molecular complexity index is 358. The quantitative estimate of drug-likeness (QED) is 0.738. The second kappa shape index (κ2) is 3.46. The Morgan fingerprint density at radius 3 is 2.60 bits per heavy atom. The molecule has 0 aromatic carbocycles. The number of hydrazine groups is 1. The lowest BCUT2D eigenvalue weighted by Crippen LogP contribution is -2.42. The van der Waals surface area contributed by atoms with E-state index < -0.39 is 12.0 Å². The smallest absolute Gasteiger partial charge is 0.305 e. The van der Waals surface area contributed by atoms with E-state index in [4.69, 9.17) is 0 Å². The van der Waals surface area contributed by atoms with Gasteiger partial charge < -0.3 is 4.57 Å². The molecule has 1 N–H and O–H groups in total. The van der Waals surface area contributed by atoms with Crippen LogP contribution >= 0.6 is 0 Å². The van der Waals surface area contributed by atoms with Gasteiger partial charge in [-0.3, -0.25) is 5.43 Å². The molecule has 0 amide bonds. The molecular formula is C7H10F3N5. The zero-order valence-corrected chi connectivity index (χ0v) is 8.04. The van der Waals surface area contributed by atoms with Gasteiger partial charge in [0, 0.05) is 13.1 Å². The van der Waals surface area contributed by atoms with Crippen molar-refractivity contribution in [2.45, 2.75) is 19.3 Å². The van der Waals surface area contributed by atoms with E-state index in [1.54, 1.807) is 12.1 Å². The summed E-state index contributed by atoms with van der Waals surface area (Å²) in [5, 5.41) is 8.49. The van der Waals surface area contributed by atoms with E-state index >= 15 is 0 Å². The average molecular weight is 221 g/mol. The largest absolute Gasteiger partial charge is 0.451 e. The summed E-state index contributed by atoms with van der Waals surface area (Å²) in [6.45, 7) is 1.09. The van der Waals surface area contributed by atoms with Gasteiger partial charge in [-0.2, -0.15) is 13.2 Å². The van der Waals surface area contributed by atoms with E-state index in [9.17, 15) is 13.2 Å². The molecular weight excluding hydrogens is 211 g/mol. The van der Waals surface area contributed by atoms with Gasteiger partial charge in [0.2, 0.25) is 5.82 Å². The van der Waals surface area contributed by atoms with Crippen LogP contribution in [0.2, 0.25) is 0 Å². The Kier molecular flexibility index (Phi) is 2.39. The van der Waals surface area contributed by atoms with E-state index in [0.717, 1.165) is 4.57 Å². The summed E-state index contributed by atoms with van der Waals surface area (Å²) < 4.78 is 38.4. The minimum atomic E-state index is -4.42. The highest BCUT2D eigenvalue weighted by Gasteiger charge is 2.39. The molecule has 0 saturated carbocycles. The minimum absolute atomic E-state index is 0.248. The van der Waals surface area contributed by atoms with Crippen molar-refractivity contribution in [3.8, 4) is 0 Å². The molecule has 1 aliphatic heterocycles. The third-order valence-corrected chi connectivity index (χ3v) is 2.32. The Balaban J connectivity index is 2.30. The SMILES string of the molecule is CNN1CCn2c(nnc2C(F)(F)F)C1. The molecule has 1 aromatic rings. The predicted molar refractivity (Wildman–Crippen MR) is 44.5 cm³/mol. The molecule has 0 bridgehead atoms. The van der Waals surface area contributed by atoms with Crippen molar-refractivity contribution < 1.29 is 13.2 Å². The molecule has 2 rings (SSSR count). The zero-order valence-electron chi connectivity index (χ0n) is 8.04. The molecule has 0 saturated heterocycles. The van der Waals surface area contributed by atoms with Gasteiger partial charge in [0.1, 0.15) is 5.82 Å². The maximum atomic E-state index is 12.4. The van der Waals surface area contributed by atoms with Crippen molar-refractivity contribution in [2.24, 2.45) is 0 Å². The lowest BCUT2D eigenvalue weighted by Gasteiger charge is -2.26. The van der Waals surface area contributed by atoms with Crippen molar-refractivity contribution in [3.05, 3.63) is 11.6 Å². The van der Waals surface area contributed by atoms with Crippen molar-refractivity contribution in [3.63, 3.8) is 0 Å². The van der Waals surface area contributed by atoms with Crippen LogP contribution in [-0.2, 0) is 19.3 Å². The number of nitrogens with zero attached hydrogens (tertiary/aromatic N) is 4. The van der Waals surface area contributed by atoms with Gasteiger partial charge in [0.05, 0.1) is 6.54 Å². The fourth-order valence-corrected chi connectivity index (χ4v) is 1.56. The maximum Gasteiger partial charge on any atom is 0.451 e. The Labute approximate surface area is 83.9 Å². The van der Waals surface area contributed by atoms with Crippen LogP contribution in [0.4, 0.5) is 13.2 Å². The van der Waals surface area contributed by atoms with E-state index in [-0.39, 0.29) is 6.54 Å². The lowest BCUT2D eigenvalue weighted by molar-refractivity contribution is -0.148. The number of fused-ring (bicyclic) bond motifs is 1. The normalized spacial score (nSPS) is 17.9. The van der Waals surface area contributed by atoms with Crippen molar-refractivity contribution in [2.75, 3.05) is 13.6 Å². The van der Waals surface area contributed by atoms with Crippen molar-refractivity contribution >= 4 is 0 Å². The topological polar surface area (TPSA) is 46.0 Å². The van der Waals surface area contributed by atoms with Gasteiger partial charge in [-0.1, -0.05) is 0 Å². The number of hydrogen-bond acceptors (Lipinski definition) is 4. The third-order valence-electron chi connectivity index (χ3n) is 2.32. The number of halogens is 3. The van der Waals surface area contributed by atoms with Gasteiger partial charge in [-0.05, 0) is 7.05 Å². The second-order valence-corrected chi connectivity index (χ2v) is 3.23. The van der Waals surface area contributed by atoms with E-state index in [2.05, 4.69) is 15.6 Å². The summed E-state index contributed by atoms with van der Waals surface area (Å²) in [6, 6.07) is 0. The summed E-state index contributed by atoms with van der Waals surface area (Å²) in [7, 11) is 1.72. The molecule has 0 radical (unpaired) electrons. The third kappa shape index (κ3) is 1.82. The van der Waals surface area contributed by atoms with E-state index in [1.807, 2.05) is 0 Å². The molecule has 1 aliphatic rings. The zero-order chi connectivity index (χ0) is 11.1. The first-order valence-corrected chi connectivity index (χ1v) is 4.44. The number of alkyl halides is 3. The summed E-state index contributed by atoms with van der Waals surface area (Å²) >= 11 is 0. The van der Waals surface area contributed by atoms with Crippen LogP contribution in [0.25, 0.3) is 0 Å². The fourth-order valence-electron chi connectivity index (χ4n) is 1.56. The summed E-state index contributed by atoms with van der Waals surface area (Å²) in [6.07, 6.45) is -4.42. The van der Waals surface area contributed by atoms with Crippen LogP contribution in [0.5, 0.6) is 0 Å².